The van der Waals surface area contributed by atoms with Gasteiger partial charge in [0.25, 0.3) is 0 Å². The van der Waals surface area contributed by atoms with Crippen molar-refractivity contribution in [2.75, 3.05) is 6.54 Å². The van der Waals surface area contributed by atoms with Crippen LogP contribution in [0.1, 0.15) is 13.8 Å². The van der Waals surface area contributed by atoms with Crippen LogP contribution in [0.25, 0.3) is 0 Å². The summed E-state index contributed by atoms with van der Waals surface area (Å²) >= 11 is 0. The highest BCUT2D eigenvalue weighted by atomic mass is 14.8. The number of rotatable bonds is 2. The van der Waals surface area contributed by atoms with Gasteiger partial charge in [-0.25, -0.2) is 0 Å². The molecule has 2 nitrogen and oxygen atoms in total. The molecule has 0 aliphatic heterocycles. The molecule has 3 N–H and O–H groups in total. The second-order valence-corrected chi connectivity index (χ2v) is 1.45. The van der Waals surface area contributed by atoms with E-state index in [2.05, 4.69) is 5.32 Å². The van der Waals surface area contributed by atoms with E-state index in [-0.39, 0.29) is 0 Å². The molecule has 0 spiro atoms. The molecule has 0 amide bonds. The Labute approximate surface area is 44.4 Å². The second kappa shape index (κ2) is 3.53. The van der Waals surface area contributed by atoms with Gasteiger partial charge in [0.1, 0.15) is 0 Å². The SMILES string of the molecule is CCN/C=C(\C)N. The Morgan fingerprint density at radius 1 is 1.86 bits per heavy atom. The number of hydrogen-bond donors (Lipinski definition) is 2. The average molecular weight is 100 g/mol. The Morgan fingerprint density at radius 2 is 2.43 bits per heavy atom. The van der Waals surface area contributed by atoms with Gasteiger partial charge in [-0.3, -0.25) is 0 Å². The maximum Gasteiger partial charge on any atom is 0.0208 e. The molecule has 0 bridgehead atoms. The summed E-state index contributed by atoms with van der Waals surface area (Å²) in [5.74, 6) is 0. The average Bonchev–Trinajstić information content (AvgIpc) is 1.61. The first-order valence-electron chi connectivity index (χ1n) is 2.43. The molecule has 0 unspecified atom stereocenters. The molecule has 0 saturated heterocycles. The molecule has 0 aromatic rings. The third-order valence-electron chi connectivity index (χ3n) is 0.534. The van der Waals surface area contributed by atoms with Crippen LogP contribution >= 0.6 is 0 Å². The zero-order valence-electron chi connectivity index (χ0n) is 4.86. The highest BCUT2D eigenvalue weighted by Crippen LogP contribution is 1.71. The molecule has 0 rings (SSSR count). The third-order valence-corrected chi connectivity index (χ3v) is 0.534. The smallest absolute Gasteiger partial charge is 0.0208 e. The summed E-state index contributed by atoms with van der Waals surface area (Å²) in [6, 6.07) is 0. The van der Waals surface area contributed by atoms with Crippen LogP contribution in [0, 0.1) is 0 Å². The van der Waals surface area contributed by atoms with Crippen molar-refractivity contribution < 1.29 is 0 Å². The quantitative estimate of drug-likeness (QED) is 0.527. The highest BCUT2D eigenvalue weighted by molar-refractivity contribution is 4.88. The van der Waals surface area contributed by atoms with Crippen molar-refractivity contribution in [3.63, 3.8) is 0 Å². The fraction of sp³-hybridized carbons (Fsp3) is 0.600. The van der Waals surface area contributed by atoms with E-state index in [1.165, 1.54) is 0 Å². The second-order valence-electron chi connectivity index (χ2n) is 1.45. The molecule has 0 aliphatic carbocycles. The van der Waals surface area contributed by atoms with Gasteiger partial charge in [0.2, 0.25) is 0 Å². The molecule has 7 heavy (non-hydrogen) atoms. The van der Waals surface area contributed by atoms with Crippen LogP contribution < -0.4 is 11.1 Å². The molecule has 0 aromatic heterocycles. The van der Waals surface area contributed by atoms with Gasteiger partial charge in [-0.1, -0.05) is 0 Å². The Bertz CT molecular complexity index is 62.5. The summed E-state index contributed by atoms with van der Waals surface area (Å²) in [4.78, 5) is 0. The highest BCUT2D eigenvalue weighted by Gasteiger charge is 1.69. The van der Waals surface area contributed by atoms with E-state index in [1.54, 1.807) is 6.20 Å². The molecule has 0 atom stereocenters. The molecule has 0 heterocycles. The van der Waals surface area contributed by atoms with Crippen LogP contribution in [0.5, 0.6) is 0 Å². The first-order chi connectivity index (χ1) is 3.27. The van der Waals surface area contributed by atoms with Crippen molar-refractivity contribution in [1.29, 1.82) is 0 Å². The molecular formula is C5H12N2. The molecular weight excluding hydrogens is 88.1 g/mol. The largest absolute Gasteiger partial charge is 0.401 e. The fourth-order valence-corrected chi connectivity index (χ4v) is 0.263. The van der Waals surface area contributed by atoms with Crippen molar-refractivity contribution in [3.05, 3.63) is 11.9 Å². The molecule has 0 fully saturated rings. The lowest BCUT2D eigenvalue weighted by Gasteiger charge is -1.91. The van der Waals surface area contributed by atoms with Gasteiger partial charge in [-0.15, -0.1) is 0 Å². The van der Waals surface area contributed by atoms with Crippen molar-refractivity contribution in [2.24, 2.45) is 5.73 Å². The van der Waals surface area contributed by atoms with Crippen LogP contribution in [0.15, 0.2) is 11.9 Å². The third kappa shape index (κ3) is 5.34. The lowest BCUT2D eigenvalue weighted by molar-refractivity contribution is 0.904. The predicted molar refractivity (Wildman–Crippen MR) is 31.6 cm³/mol. The van der Waals surface area contributed by atoms with E-state index >= 15 is 0 Å². The normalized spacial score (nSPS) is 11.4. The molecule has 42 valence electrons. The van der Waals surface area contributed by atoms with Gasteiger partial charge in [0, 0.05) is 18.4 Å². The van der Waals surface area contributed by atoms with Gasteiger partial charge in [-0.2, -0.15) is 0 Å². The first-order valence-corrected chi connectivity index (χ1v) is 2.43. The maximum atomic E-state index is 5.28. The Hall–Kier alpha value is -0.660. The van der Waals surface area contributed by atoms with Crippen molar-refractivity contribution in [2.45, 2.75) is 13.8 Å². The molecule has 0 aromatic carbocycles. The summed E-state index contributed by atoms with van der Waals surface area (Å²) < 4.78 is 0. The number of nitrogens with one attached hydrogen (secondary N) is 1. The predicted octanol–water partition coefficient (Wildman–Crippen LogP) is 0.416. The molecule has 2 heteroatoms. The van der Waals surface area contributed by atoms with Gasteiger partial charge in [0.15, 0.2) is 0 Å². The summed E-state index contributed by atoms with van der Waals surface area (Å²) in [6.07, 6.45) is 1.79. The van der Waals surface area contributed by atoms with Crippen LogP contribution in [-0.4, -0.2) is 6.54 Å². The Balaban J connectivity index is 3.08. The zero-order valence-corrected chi connectivity index (χ0v) is 4.86. The molecule has 0 aliphatic rings. The standard InChI is InChI=1S/C5H12N2/c1-3-7-4-5(2)6/h4,7H,3,6H2,1-2H3/b5-4+. The molecule has 0 saturated carbocycles. The number of allylic oxidation sites excluding steroid dienone is 1. The topological polar surface area (TPSA) is 38.0 Å². The Kier molecular flexibility index (Phi) is 3.19. The van der Waals surface area contributed by atoms with E-state index in [0.717, 1.165) is 12.2 Å². The Morgan fingerprint density at radius 3 is 2.57 bits per heavy atom. The van der Waals surface area contributed by atoms with Crippen LogP contribution in [0.4, 0.5) is 0 Å². The van der Waals surface area contributed by atoms with Crippen molar-refractivity contribution >= 4 is 0 Å². The van der Waals surface area contributed by atoms with E-state index in [0.29, 0.717) is 0 Å². The monoisotopic (exact) mass is 100 g/mol. The first kappa shape index (κ1) is 6.34. The summed E-state index contributed by atoms with van der Waals surface area (Å²) in [6.45, 7) is 4.82. The van der Waals surface area contributed by atoms with E-state index in [9.17, 15) is 0 Å². The van der Waals surface area contributed by atoms with E-state index in [1.807, 2.05) is 13.8 Å². The number of nitrogens with two attached hydrogens (primary N) is 1. The van der Waals surface area contributed by atoms with Gasteiger partial charge >= 0.3 is 0 Å². The van der Waals surface area contributed by atoms with Crippen LogP contribution in [0.2, 0.25) is 0 Å². The minimum Gasteiger partial charge on any atom is -0.401 e. The minimum absolute atomic E-state index is 0.821. The molecule has 0 radical (unpaired) electrons. The summed E-state index contributed by atoms with van der Waals surface area (Å²) in [7, 11) is 0. The summed E-state index contributed by atoms with van der Waals surface area (Å²) in [5.41, 5.74) is 6.10. The van der Waals surface area contributed by atoms with Crippen molar-refractivity contribution in [1.82, 2.24) is 5.32 Å². The maximum absolute atomic E-state index is 5.28. The lowest BCUT2D eigenvalue weighted by atomic mass is 10.5. The van der Waals surface area contributed by atoms with Gasteiger partial charge in [0.05, 0.1) is 0 Å². The van der Waals surface area contributed by atoms with Crippen LogP contribution in [-0.2, 0) is 0 Å². The zero-order chi connectivity index (χ0) is 5.70. The van der Waals surface area contributed by atoms with Gasteiger partial charge < -0.3 is 11.1 Å². The van der Waals surface area contributed by atoms with Gasteiger partial charge in [-0.05, 0) is 13.8 Å². The van der Waals surface area contributed by atoms with Crippen molar-refractivity contribution in [3.8, 4) is 0 Å². The minimum atomic E-state index is 0.821. The summed E-state index contributed by atoms with van der Waals surface area (Å²) in [5, 5.41) is 2.96. The van der Waals surface area contributed by atoms with Crippen LogP contribution in [0.3, 0.4) is 0 Å². The van der Waals surface area contributed by atoms with E-state index < -0.39 is 0 Å². The van der Waals surface area contributed by atoms with E-state index in [4.69, 9.17) is 5.73 Å². The fourth-order valence-electron chi connectivity index (χ4n) is 0.263. The number of hydrogen-bond acceptors (Lipinski definition) is 2. The lowest BCUT2D eigenvalue weighted by Crippen LogP contribution is -2.06.